The van der Waals surface area contributed by atoms with Crippen LogP contribution < -0.4 is 0 Å². The topological polar surface area (TPSA) is 74.2 Å². The van der Waals surface area contributed by atoms with Gasteiger partial charge in [0, 0.05) is 7.11 Å². The monoisotopic (exact) mass is 222 g/mol. The summed E-state index contributed by atoms with van der Waals surface area (Å²) < 4.78 is 31.3. The average molecular weight is 222 g/mol. The highest BCUT2D eigenvalue weighted by molar-refractivity contribution is 7.47. The zero-order valence-corrected chi connectivity index (χ0v) is 8.85. The molecule has 0 saturated carbocycles. The Labute approximate surface area is 82.5 Å². The molecule has 80 valence electrons. The van der Waals surface area contributed by atoms with Crippen molar-refractivity contribution in [3.05, 3.63) is 0 Å². The second-order valence-corrected chi connectivity index (χ2v) is 4.80. The summed E-state index contributed by atoms with van der Waals surface area (Å²) in [4.78, 5) is 9.12. The first-order valence-electron chi connectivity index (χ1n) is 4.37. The standard InChI is InChI=1S/C6H12BO6P/c1-10-2-3-4-5(6(7)11-3)13-14(8,9)12-4/h3-6H,2,7H2,1H3,(H,8,9)/t3-,4?,5?,6-/m1/s1. The molecule has 0 bridgehead atoms. The van der Waals surface area contributed by atoms with E-state index in [9.17, 15) is 4.57 Å². The minimum atomic E-state index is -3.85. The highest BCUT2D eigenvalue weighted by Crippen LogP contribution is 2.56. The van der Waals surface area contributed by atoms with Crippen molar-refractivity contribution in [3.8, 4) is 0 Å². The number of ether oxygens (including phenoxy) is 2. The fourth-order valence-corrected chi connectivity index (χ4v) is 3.03. The molecule has 2 heterocycles. The Kier molecular flexibility index (Phi) is 2.72. The maximum absolute atomic E-state index is 11.1. The largest absolute Gasteiger partial charge is 0.473 e. The second kappa shape index (κ2) is 3.59. The van der Waals surface area contributed by atoms with Crippen LogP contribution in [0.2, 0.25) is 0 Å². The number of fused-ring (bicyclic) bond motifs is 1. The van der Waals surface area contributed by atoms with Gasteiger partial charge in [-0.2, -0.15) is 0 Å². The fourth-order valence-electron chi connectivity index (χ4n) is 1.81. The van der Waals surface area contributed by atoms with Gasteiger partial charge in [-0.1, -0.05) is 0 Å². The van der Waals surface area contributed by atoms with Crippen LogP contribution in [0.5, 0.6) is 0 Å². The summed E-state index contributed by atoms with van der Waals surface area (Å²) in [6, 6.07) is -0.247. The Hall–Kier alpha value is 0.0949. The van der Waals surface area contributed by atoms with Crippen molar-refractivity contribution < 1.29 is 28.0 Å². The van der Waals surface area contributed by atoms with E-state index in [0.717, 1.165) is 0 Å². The molecule has 0 aromatic heterocycles. The molecule has 14 heavy (non-hydrogen) atoms. The first-order valence-corrected chi connectivity index (χ1v) is 5.87. The number of hydrogen-bond acceptors (Lipinski definition) is 5. The molecule has 8 heteroatoms. The van der Waals surface area contributed by atoms with Gasteiger partial charge in [-0.15, -0.1) is 0 Å². The lowest BCUT2D eigenvalue weighted by Gasteiger charge is -2.15. The average Bonchev–Trinajstić information content (AvgIpc) is 2.51. The molecule has 0 spiro atoms. The number of phosphoric acid groups is 1. The van der Waals surface area contributed by atoms with Gasteiger partial charge in [0.15, 0.2) is 0 Å². The number of methoxy groups -OCH3 is 1. The first kappa shape index (κ1) is 10.6. The Balaban J connectivity index is 2.10. The van der Waals surface area contributed by atoms with Gasteiger partial charge in [-0.05, 0) is 0 Å². The van der Waals surface area contributed by atoms with Gasteiger partial charge < -0.3 is 14.4 Å². The summed E-state index contributed by atoms with van der Waals surface area (Å²) in [7, 11) is -0.538. The second-order valence-electron chi connectivity index (χ2n) is 3.44. The van der Waals surface area contributed by atoms with Gasteiger partial charge in [0.1, 0.15) is 26.2 Å². The van der Waals surface area contributed by atoms with E-state index < -0.39 is 20.0 Å². The van der Waals surface area contributed by atoms with Crippen LogP contribution in [0.1, 0.15) is 0 Å². The summed E-state index contributed by atoms with van der Waals surface area (Å²) in [5.41, 5.74) is 0. The van der Waals surface area contributed by atoms with Gasteiger partial charge in [0.05, 0.1) is 12.6 Å². The molecule has 0 amide bonds. The van der Waals surface area contributed by atoms with E-state index in [1.165, 1.54) is 7.11 Å². The van der Waals surface area contributed by atoms with E-state index in [0.29, 0.717) is 6.61 Å². The van der Waals surface area contributed by atoms with Crippen molar-refractivity contribution in [2.45, 2.75) is 24.3 Å². The lowest BCUT2D eigenvalue weighted by atomic mass is 9.93. The van der Waals surface area contributed by atoms with Crippen LogP contribution in [0.15, 0.2) is 0 Å². The molecule has 5 atom stereocenters. The van der Waals surface area contributed by atoms with Crippen LogP contribution in [-0.4, -0.2) is 50.8 Å². The summed E-state index contributed by atoms with van der Waals surface area (Å²) in [5, 5.41) is 0. The number of rotatable bonds is 2. The van der Waals surface area contributed by atoms with Gasteiger partial charge in [0.25, 0.3) is 0 Å². The molecule has 2 aliphatic heterocycles. The quantitative estimate of drug-likeness (QED) is 0.471. The lowest BCUT2D eigenvalue weighted by molar-refractivity contribution is -0.0157. The van der Waals surface area contributed by atoms with Crippen LogP contribution in [-0.2, 0) is 23.1 Å². The van der Waals surface area contributed by atoms with Crippen molar-refractivity contribution in [2.75, 3.05) is 13.7 Å². The van der Waals surface area contributed by atoms with Crippen LogP contribution in [0.4, 0.5) is 0 Å². The van der Waals surface area contributed by atoms with Crippen molar-refractivity contribution in [1.29, 1.82) is 0 Å². The van der Waals surface area contributed by atoms with Crippen LogP contribution >= 0.6 is 7.82 Å². The van der Waals surface area contributed by atoms with Gasteiger partial charge in [-0.25, -0.2) is 4.57 Å². The zero-order chi connectivity index (χ0) is 10.3. The minimum Gasteiger partial charge on any atom is -0.382 e. The number of phosphoric ester groups is 1. The van der Waals surface area contributed by atoms with E-state index in [2.05, 4.69) is 0 Å². The van der Waals surface area contributed by atoms with E-state index >= 15 is 0 Å². The molecule has 0 radical (unpaired) electrons. The lowest BCUT2D eigenvalue weighted by Crippen LogP contribution is -2.31. The Morgan fingerprint density at radius 2 is 2.14 bits per heavy atom. The van der Waals surface area contributed by atoms with Crippen molar-refractivity contribution in [1.82, 2.24) is 0 Å². The maximum atomic E-state index is 11.1. The van der Waals surface area contributed by atoms with Crippen LogP contribution in [0.3, 0.4) is 0 Å². The molecule has 2 aliphatic rings. The molecule has 0 aliphatic carbocycles. The van der Waals surface area contributed by atoms with Gasteiger partial charge >= 0.3 is 7.82 Å². The van der Waals surface area contributed by atoms with E-state index in [4.69, 9.17) is 23.4 Å². The molecule has 0 aromatic rings. The molecule has 1 N–H and O–H groups in total. The smallest absolute Gasteiger partial charge is 0.382 e. The third-order valence-electron chi connectivity index (χ3n) is 2.38. The normalized spacial score (nSPS) is 52.1. The van der Waals surface area contributed by atoms with Crippen molar-refractivity contribution in [2.24, 2.45) is 0 Å². The summed E-state index contributed by atoms with van der Waals surface area (Å²) in [5.74, 6) is 0. The van der Waals surface area contributed by atoms with E-state index in [-0.39, 0.29) is 12.1 Å². The Morgan fingerprint density at radius 1 is 1.50 bits per heavy atom. The summed E-state index contributed by atoms with van der Waals surface area (Å²) in [6.45, 7) is 0.328. The van der Waals surface area contributed by atoms with Crippen LogP contribution in [0.25, 0.3) is 0 Å². The molecular formula is C6H12BO6P. The maximum Gasteiger partial charge on any atom is 0.473 e. The zero-order valence-electron chi connectivity index (χ0n) is 7.95. The van der Waals surface area contributed by atoms with E-state index in [1.807, 2.05) is 0 Å². The summed E-state index contributed by atoms with van der Waals surface area (Å²) >= 11 is 0. The van der Waals surface area contributed by atoms with Crippen molar-refractivity contribution in [3.63, 3.8) is 0 Å². The summed E-state index contributed by atoms with van der Waals surface area (Å²) in [6.07, 6.45) is -1.30. The molecule has 6 nitrogen and oxygen atoms in total. The van der Waals surface area contributed by atoms with Crippen molar-refractivity contribution >= 4 is 15.7 Å². The Morgan fingerprint density at radius 3 is 2.79 bits per heavy atom. The highest BCUT2D eigenvalue weighted by atomic mass is 31.2. The Bertz CT molecular complexity index is 273. The molecule has 2 rings (SSSR count). The first-order chi connectivity index (χ1) is 6.53. The predicted molar refractivity (Wildman–Crippen MR) is 48.7 cm³/mol. The third-order valence-corrected chi connectivity index (χ3v) is 3.40. The predicted octanol–water partition coefficient (Wildman–Crippen LogP) is -1.12. The number of hydrogen-bond donors (Lipinski definition) is 1. The third kappa shape index (κ3) is 1.76. The molecule has 0 aromatic carbocycles. The molecular weight excluding hydrogens is 210 g/mol. The van der Waals surface area contributed by atoms with E-state index in [1.54, 1.807) is 7.85 Å². The highest BCUT2D eigenvalue weighted by Gasteiger charge is 2.55. The minimum absolute atomic E-state index is 0.247. The molecule has 3 unspecified atom stereocenters. The van der Waals surface area contributed by atoms with Gasteiger partial charge in [-0.3, -0.25) is 9.05 Å². The molecule has 2 saturated heterocycles. The van der Waals surface area contributed by atoms with Crippen LogP contribution in [0, 0.1) is 0 Å². The molecule has 2 fully saturated rings. The fraction of sp³-hybridized carbons (Fsp3) is 1.00. The SMILES string of the molecule is B[C@@H]1O[C@H](COC)C2OP(=O)(O)OC21. The van der Waals surface area contributed by atoms with Gasteiger partial charge in [0.2, 0.25) is 0 Å².